The van der Waals surface area contributed by atoms with E-state index in [0.29, 0.717) is 20.5 Å². The summed E-state index contributed by atoms with van der Waals surface area (Å²) in [5.41, 5.74) is 0.651. The molecule has 1 heterocycles. The van der Waals surface area contributed by atoms with Gasteiger partial charge in [0.15, 0.2) is 12.4 Å². The minimum atomic E-state index is -0.653. The molecule has 0 atom stereocenters. The highest BCUT2D eigenvalue weighted by molar-refractivity contribution is 7.18. The van der Waals surface area contributed by atoms with Crippen molar-refractivity contribution in [2.24, 2.45) is 0 Å². The highest BCUT2D eigenvalue weighted by Crippen LogP contribution is 2.23. The van der Waals surface area contributed by atoms with Crippen molar-refractivity contribution < 1.29 is 19.1 Å². The third-order valence-electron chi connectivity index (χ3n) is 3.09. The van der Waals surface area contributed by atoms with Gasteiger partial charge in [-0.15, -0.1) is 11.3 Å². The predicted octanol–water partition coefficient (Wildman–Crippen LogP) is 3.42. The maximum Gasteiger partial charge on any atom is 0.306 e. The zero-order valence-corrected chi connectivity index (χ0v) is 14.5. The first-order valence-electron chi connectivity index (χ1n) is 7.22. The van der Waals surface area contributed by atoms with Crippen LogP contribution in [0, 0.1) is 11.3 Å². The second kappa shape index (κ2) is 8.97. The van der Waals surface area contributed by atoms with Crippen LogP contribution in [0.3, 0.4) is 0 Å². The van der Waals surface area contributed by atoms with Crippen molar-refractivity contribution >= 4 is 46.3 Å². The number of halogens is 1. The number of para-hydroxylation sites is 1. The highest BCUT2D eigenvalue weighted by Gasteiger charge is 2.14. The van der Waals surface area contributed by atoms with Crippen molar-refractivity contribution in [2.45, 2.75) is 12.8 Å². The Morgan fingerprint density at radius 1 is 1.16 bits per heavy atom. The molecule has 0 aliphatic carbocycles. The van der Waals surface area contributed by atoms with E-state index >= 15 is 0 Å². The van der Waals surface area contributed by atoms with Crippen molar-refractivity contribution in [3.8, 4) is 6.07 Å². The molecule has 8 heteroatoms. The van der Waals surface area contributed by atoms with E-state index in [9.17, 15) is 14.4 Å². The summed E-state index contributed by atoms with van der Waals surface area (Å²) in [4.78, 5) is 35.7. The average molecular weight is 377 g/mol. The van der Waals surface area contributed by atoms with E-state index in [1.165, 1.54) is 0 Å². The van der Waals surface area contributed by atoms with E-state index in [4.69, 9.17) is 21.6 Å². The summed E-state index contributed by atoms with van der Waals surface area (Å²) in [6.45, 7) is -0.488. The molecule has 1 N–H and O–H groups in total. The average Bonchev–Trinajstić information content (AvgIpc) is 3.05. The summed E-state index contributed by atoms with van der Waals surface area (Å²) in [5.74, 6) is -1.42. The number of carbonyl (C=O) groups is 3. The first kappa shape index (κ1) is 18.6. The van der Waals surface area contributed by atoms with Gasteiger partial charge in [-0.25, -0.2) is 0 Å². The number of amides is 1. The van der Waals surface area contributed by atoms with E-state index < -0.39 is 18.5 Å². The van der Waals surface area contributed by atoms with Crippen LogP contribution in [0.15, 0.2) is 36.4 Å². The molecule has 0 fully saturated rings. The third-order valence-corrected chi connectivity index (χ3v) is 4.36. The lowest BCUT2D eigenvalue weighted by atomic mass is 10.2. The Bertz CT molecular complexity index is 841. The van der Waals surface area contributed by atoms with Crippen molar-refractivity contribution in [3.63, 3.8) is 0 Å². The summed E-state index contributed by atoms with van der Waals surface area (Å²) in [6.07, 6.45) is -0.148. The normalized spacial score (nSPS) is 9.92. The van der Waals surface area contributed by atoms with E-state index in [2.05, 4.69) is 5.32 Å². The summed E-state index contributed by atoms with van der Waals surface area (Å²) >= 11 is 6.89. The first-order valence-corrected chi connectivity index (χ1v) is 8.42. The number of anilines is 1. The van der Waals surface area contributed by atoms with Crippen LogP contribution in [0.4, 0.5) is 5.69 Å². The SMILES string of the molecule is N#Cc1ccccc1NC(=O)COC(=O)CCC(=O)c1ccc(Cl)s1. The Balaban J connectivity index is 1.75. The van der Waals surface area contributed by atoms with Crippen molar-refractivity contribution in [3.05, 3.63) is 51.2 Å². The summed E-state index contributed by atoms with van der Waals surface area (Å²) in [5, 5.41) is 11.4. The minimum Gasteiger partial charge on any atom is -0.456 e. The summed E-state index contributed by atoms with van der Waals surface area (Å²) in [7, 11) is 0. The first-order chi connectivity index (χ1) is 12.0. The van der Waals surface area contributed by atoms with Crippen LogP contribution in [-0.4, -0.2) is 24.3 Å². The zero-order chi connectivity index (χ0) is 18.2. The van der Waals surface area contributed by atoms with Crippen molar-refractivity contribution in [1.82, 2.24) is 0 Å². The van der Waals surface area contributed by atoms with Gasteiger partial charge in [-0.3, -0.25) is 14.4 Å². The molecule has 25 heavy (non-hydrogen) atoms. The quantitative estimate of drug-likeness (QED) is 0.590. The molecular formula is C17H13ClN2O4S. The molecule has 2 aromatic rings. The fourth-order valence-corrected chi connectivity index (χ4v) is 2.91. The topological polar surface area (TPSA) is 96.3 Å². The lowest BCUT2D eigenvalue weighted by Crippen LogP contribution is -2.21. The van der Waals surface area contributed by atoms with Gasteiger partial charge in [-0.2, -0.15) is 5.26 Å². The number of ether oxygens (including phenoxy) is 1. The Morgan fingerprint density at radius 3 is 2.60 bits per heavy atom. The molecule has 2 rings (SSSR count). The van der Waals surface area contributed by atoms with Gasteiger partial charge in [0, 0.05) is 6.42 Å². The largest absolute Gasteiger partial charge is 0.456 e. The molecule has 0 saturated heterocycles. The number of thiophene rings is 1. The standard InChI is InChI=1S/C17H13ClN2O4S/c18-15-7-6-14(25-15)13(21)5-8-17(23)24-10-16(22)20-12-4-2-1-3-11(12)9-19/h1-4,6-7H,5,8,10H2,(H,20,22). The highest BCUT2D eigenvalue weighted by atomic mass is 35.5. The zero-order valence-electron chi connectivity index (χ0n) is 13.0. The molecule has 1 aromatic carbocycles. The van der Waals surface area contributed by atoms with Gasteiger partial charge in [0.2, 0.25) is 0 Å². The lowest BCUT2D eigenvalue weighted by molar-refractivity contribution is -0.147. The molecule has 0 bridgehead atoms. The van der Waals surface area contributed by atoms with Crippen LogP contribution in [0.1, 0.15) is 28.1 Å². The second-order valence-corrected chi connectivity index (χ2v) is 6.61. The molecule has 1 aromatic heterocycles. The number of Topliss-reactive ketones (excluding diaryl/α,β-unsaturated/α-hetero) is 1. The molecule has 1 amide bonds. The molecule has 128 valence electrons. The number of hydrogen-bond donors (Lipinski definition) is 1. The number of carbonyl (C=O) groups excluding carboxylic acids is 3. The fraction of sp³-hybridized carbons (Fsp3) is 0.176. The molecule has 0 aliphatic rings. The van der Waals surface area contributed by atoms with Crippen LogP contribution in [-0.2, 0) is 14.3 Å². The Hall–Kier alpha value is -2.69. The number of nitrogens with one attached hydrogen (secondary N) is 1. The monoisotopic (exact) mass is 376 g/mol. The lowest BCUT2D eigenvalue weighted by Gasteiger charge is -2.07. The van der Waals surface area contributed by atoms with Crippen LogP contribution in [0.25, 0.3) is 0 Å². The van der Waals surface area contributed by atoms with Gasteiger partial charge in [-0.1, -0.05) is 23.7 Å². The fourth-order valence-electron chi connectivity index (χ4n) is 1.90. The van der Waals surface area contributed by atoms with Gasteiger partial charge in [0.05, 0.1) is 26.9 Å². The Labute approximate surface area is 153 Å². The predicted molar refractivity (Wildman–Crippen MR) is 93.6 cm³/mol. The van der Waals surface area contributed by atoms with Crippen LogP contribution in [0.5, 0.6) is 0 Å². The molecule has 0 saturated carbocycles. The minimum absolute atomic E-state index is 0.0193. The molecule has 6 nitrogen and oxygen atoms in total. The van der Waals surface area contributed by atoms with Crippen molar-refractivity contribution in [1.29, 1.82) is 5.26 Å². The van der Waals surface area contributed by atoms with Crippen LogP contribution < -0.4 is 5.32 Å². The number of hydrogen-bond acceptors (Lipinski definition) is 6. The Morgan fingerprint density at radius 2 is 1.92 bits per heavy atom. The van der Waals surface area contributed by atoms with Gasteiger partial charge < -0.3 is 10.1 Å². The smallest absolute Gasteiger partial charge is 0.306 e. The maximum atomic E-state index is 11.8. The van der Waals surface area contributed by atoms with Crippen LogP contribution in [0.2, 0.25) is 4.34 Å². The molecule has 0 radical (unpaired) electrons. The number of esters is 1. The molecule has 0 aliphatic heterocycles. The number of nitrogens with zero attached hydrogens (tertiary/aromatic N) is 1. The maximum absolute atomic E-state index is 11.8. The number of nitriles is 1. The number of ketones is 1. The molecule has 0 spiro atoms. The van der Waals surface area contributed by atoms with Gasteiger partial charge in [0.1, 0.15) is 6.07 Å². The number of rotatable bonds is 7. The summed E-state index contributed by atoms with van der Waals surface area (Å²) in [6, 6.07) is 11.6. The van der Waals surface area contributed by atoms with E-state index in [-0.39, 0.29) is 18.6 Å². The van der Waals surface area contributed by atoms with E-state index in [1.54, 1.807) is 36.4 Å². The molecular weight excluding hydrogens is 364 g/mol. The van der Waals surface area contributed by atoms with Crippen LogP contribution >= 0.6 is 22.9 Å². The van der Waals surface area contributed by atoms with E-state index in [0.717, 1.165) is 11.3 Å². The number of benzene rings is 1. The van der Waals surface area contributed by atoms with Gasteiger partial charge >= 0.3 is 5.97 Å². The van der Waals surface area contributed by atoms with Gasteiger partial charge in [0.25, 0.3) is 5.91 Å². The second-order valence-electron chi connectivity index (χ2n) is 4.89. The summed E-state index contributed by atoms with van der Waals surface area (Å²) < 4.78 is 5.33. The Kier molecular flexibility index (Phi) is 6.69. The van der Waals surface area contributed by atoms with E-state index in [1.807, 2.05) is 6.07 Å². The third kappa shape index (κ3) is 5.71. The molecule has 0 unspecified atom stereocenters. The van der Waals surface area contributed by atoms with Crippen molar-refractivity contribution in [2.75, 3.05) is 11.9 Å². The van der Waals surface area contributed by atoms with Gasteiger partial charge in [-0.05, 0) is 24.3 Å².